The Morgan fingerprint density at radius 1 is 1.17 bits per heavy atom. The highest BCUT2D eigenvalue weighted by molar-refractivity contribution is 6.31. The van der Waals surface area contributed by atoms with Gasteiger partial charge in [0.25, 0.3) is 11.8 Å². The molecule has 0 spiro atoms. The van der Waals surface area contributed by atoms with E-state index in [9.17, 15) is 14.4 Å². The molecule has 2 atom stereocenters. The van der Waals surface area contributed by atoms with E-state index in [4.69, 9.17) is 5.73 Å². The second kappa shape index (κ2) is 9.22. The van der Waals surface area contributed by atoms with E-state index in [2.05, 4.69) is 25.6 Å². The second-order valence-electron chi connectivity index (χ2n) is 7.02. The minimum atomic E-state index is -0.670. The van der Waals surface area contributed by atoms with Crippen LogP contribution in [0.1, 0.15) is 42.1 Å². The average Bonchev–Trinajstić information content (AvgIpc) is 2.70. The van der Waals surface area contributed by atoms with Gasteiger partial charge in [-0.2, -0.15) is 0 Å². The number of nitrogens with two attached hydrogens (primary N) is 1. The number of aryl methyl sites for hydroxylation is 1. The summed E-state index contributed by atoms with van der Waals surface area (Å²) in [4.78, 5) is 47.8. The van der Waals surface area contributed by atoms with Gasteiger partial charge in [0.05, 0.1) is 5.71 Å². The van der Waals surface area contributed by atoms with Crippen molar-refractivity contribution in [1.29, 1.82) is 0 Å². The van der Waals surface area contributed by atoms with Gasteiger partial charge in [0.2, 0.25) is 0 Å². The Labute approximate surface area is 168 Å². The number of aliphatic imine (C=N–C) groups is 3. The molecule has 0 fully saturated rings. The molecule has 2 amide bonds. The van der Waals surface area contributed by atoms with E-state index in [-0.39, 0.29) is 23.6 Å². The number of guanidine groups is 1. The predicted octanol–water partition coefficient (Wildman–Crippen LogP) is 0.383. The van der Waals surface area contributed by atoms with E-state index >= 15 is 0 Å². The van der Waals surface area contributed by atoms with E-state index in [0.717, 1.165) is 11.3 Å². The molecule has 0 radical (unpaired) electrons. The van der Waals surface area contributed by atoms with E-state index in [1.807, 2.05) is 12.1 Å². The van der Waals surface area contributed by atoms with Crippen molar-refractivity contribution in [2.75, 3.05) is 6.54 Å². The van der Waals surface area contributed by atoms with Crippen LogP contribution >= 0.6 is 0 Å². The van der Waals surface area contributed by atoms with Crippen LogP contribution in [0, 0.1) is 0 Å². The van der Waals surface area contributed by atoms with Crippen molar-refractivity contribution < 1.29 is 14.4 Å². The number of amides is 2. The zero-order valence-electron chi connectivity index (χ0n) is 16.2. The number of ketones is 1. The van der Waals surface area contributed by atoms with Crippen molar-refractivity contribution >= 4 is 35.5 Å². The molecule has 0 saturated heterocycles. The quantitative estimate of drug-likeness (QED) is 0.547. The summed E-state index contributed by atoms with van der Waals surface area (Å²) >= 11 is 0. The lowest BCUT2D eigenvalue weighted by Crippen LogP contribution is -2.52. The Bertz CT molecular complexity index is 888. The zero-order chi connectivity index (χ0) is 20.8. The smallest absolute Gasteiger partial charge is 0.255 e. The van der Waals surface area contributed by atoms with Gasteiger partial charge in [-0.1, -0.05) is 12.1 Å². The van der Waals surface area contributed by atoms with Crippen molar-refractivity contribution in [3.63, 3.8) is 0 Å². The molecule has 2 heterocycles. The first-order valence-electron chi connectivity index (χ1n) is 9.53. The normalized spacial score (nSPS) is 20.2. The van der Waals surface area contributed by atoms with Gasteiger partial charge in [0, 0.05) is 24.7 Å². The maximum Gasteiger partial charge on any atom is 0.255 e. The summed E-state index contributed by atoms with van der Waals surface area (Å²) in [6.45, 7) is 2.02. The first kappa shape index (κ1) is 20.4. The van der Waals surface area contributed by atoms with Gasteiger partial charge < -0.3 is 15.8 Å². The molecular formula is C20H24N6O3. The lowest BCUT2D eigenvalue weighted by Gasteiger charge is -2.25. The topological polar surface area (TPSA) is 138 Å². The number of nitrogens with one attached hydrogen (secondary N) is 2. The molecule has 0 saturated carbocycles. The van der Waals surface area contributed by atoms with Crippen molar-refractivity contribution in [3.05, 3.63) is 35.4 Å². The number of carbonyl (C=O) groups is 3. The van der Waals surface area contributed by atoms with Gasteiger partial charge in [-0.05, 0) is 43.9 Å². The molecule has 2 unspecified atom stereocenters. The molecule has 29 heavy (non-hydrogen) atoms. The first-order valence-corrected chi connectivity index (χ1v) is 9.53. The molecule has 0 aromatic heterocycles. The van der Waals surface area contributed by atoms with Gasteiger partial charge in [-0.3, -0.25) is 24.9 Å². The first-order chi connectivity index (χ1) is 13.9. The minimum absolute atomic E-state index is 0.0648. The summed E-state index contributed by atoms with van der Waals surface area (Å²) in [6.07, 6.45) is 3.49. The van der Waals surface area contributed by atoms with E-state index in [1.165, 1.54) is 6.92 Å². The molecule has 9 nitrogen and oxygen atoms in total. The van der Waals surface area contributed by atoms with Crippen LogP contribution < -0.4 is 16.4 Å². The third-order valence-electron chi connectivity index (χ3n) is 4.63. The fourth-order valence-corrected chi connectivity index (χ4v) is 3.06. The van der Waals surface area contributed by atoms with Gasteiger partial charge in [-0.15, -0.1) is 0 Å². The van der Waals surface area contributed by atoms with E-state index in [1.54, 1.807) is 18.3 Å². The van der Waals surface area contributed by atoms with Crippen LogP contribution in [0.4, 0.5) is 0 Å². The Morgan fingerprint density at radius 2 is 1.93 bits per heavy atom. The Balaban J connectivity index is 1.50. The minimum Gasteiger partial charge on any atom is -0.370 e. The number of hydrogen-bond donors (Lipinski definition) is 3. The highest BCUT2D eigenvalue weighted by atomic mass is 16.2. The highest BCUT2D eigenvalue weighted by Crippen LogP contribution is 2.15. The van der Waals surface area contributed by atoms with Crippen LogP contribution in [-0.4, -0.2) is 54.2 Å². The van der Waals surface area contributed by atoms with Gasteiger partial charge >= 0.3 is 0 Å². The molecule has 1 aromatic rings. The van der Waals surface area contributed by atoms with Crippen LogP contribution in [0.3, 0.4) is 0 Å². The maximum absolute atomic E-state index is 12.1. The summed E-state index contributed by atoms with van der Waals surface area (Å²) in [6, 6.07) is 6.66. The summed E-state index contributed by atoms with van der Waals surface area (Å²) in [7, 11) is 0. The molecule has 4 N–H and O–H groups in total. The van der Waals surface area contributed by atoms with Gasteiger partial charge in [0.1, 0.15) is 5.78 Å². The van der Waals surface area contributed by atoms with Crippen molar-refractivity contribution in [2.24, 2.45) is 20.7 Å². The Morgan fingerprint density at radius 3 is 2.66 bits per heavy atom. The van der Waals surface area contributed by atoms with Crippen LogP contribution in [0.2, 0.25) is 0 Å². The zero-order valence-corrected chi connectivity index (χ0v) is 16.2. The monoisotopic (exact) mass is 396 g/mol. The van der Waals surface area contributed by atoms with Crippen LogP contribution in [0.5, 0.6) is 0 Å². The summed E-state index contributed by atoms with van der Waals surface area (Å²) in [5.41, 5.74) is 7.88. The lowest BCUT2D eigenvalue weighted by atomic mass is 10.0. The summed E-state index contributed by atoms with van der Waals surface area (Å²) < 4.78 is 0. The molecule has 152 valence electrons. The van der Waals surface area contributed by atoms with Gasteiger partial charge in [-0.25, -0.2) is 4.99 Å². The fourth-order valence-electron chi connectivity index (χ4n) is 3.06. The average molecular weight is 396 g/mol. The van der Waals surface area contributed by atoms with Crippen molar-refractivity contribution in [2.45, 2.75) is 44.8 Å². The number of benzene rings is 1. The maximum atomic E-state index is 12.1. The molecule has 2 aliphatic rings. The molecular weight excluding hydrogens is 372 g/mol. The number of Topliss-reactive ketones (excluding diaryl/α,β-unsaturated/α-hetero) is 1. The largest absolute Gasteiger partial charge is 0.370 e. The molecule has 0 bridgehead atoms. The molecule has 1 aromatic carbocycles. The molecule has 0 aliphatic carbocycles. The number of hydrogen-bond acceptors (Lipinski definition) is 7. The number of carbonyl (C=O) groups excluding carboxylic acids is 3. The SMILES string of the molecule is CC(=O)CCCNC(=O)c1ccc(CCC2=NC3C(=O)NC(N)=NC3N=C2)cc1. The highest BCUT2D eigenvalue weighted by Gasteiger charge is 2.33. The fraction of sp³-hybridized carbons (Fsp3) is 0.400. The summed E-state index contributed by atoms with van der Waals surface area (Å²) in [5, 5.41) is 5.27. The van der Waals surface area contributed by atoms with E-state index < -0.39 is 12.2 Å². The molecule has 2 aliphatic heterocycles. The lowest BCUT2D eigenvalue weighted by molar-refractivity contribution is -0.121. The summed E-state index contributed by atoms with van der Waals surface area (Å²) in [5.74, 6) is -0.267. The second-order valence-corrected chi connectivity index (χ2v) is 7.02. The number of rotatable bonds is 8. The molecule has 9 heteroatoms. The van der Waals surface area contributed by atoms with E-state index in [0.29, 0.717) is 37.8 Å². The molecule has 3 rings (SSSR count). The Hall–Kier alpha value is -3.36. The van der Waals surface area contributed by atoms with Crippen LogP contribution in [0.25, 0.3) is 0 Å². The van der Waals surface area contributed by atoms with Crippen LogP contribution in [-0.2, 0) is 16.0 Å². The van der Waals surface area contributed by atoms with Crippen molar-refractivity contribution in [3.8, 4) is 0 Å². The van der Waals surface area contributed by atoms with Gasteiger partial charge in [0.15, 0.2) is 18.2 Å². The standard InChI is InChI=1S/C20H24N6O3/c1-12(27)3-2-10-22-18(28)14-7-4-13(5-8-14)6-9-15-11-23-17-16(24-15)19(29)26-20(21)25-17/h4-5,7-8,11,16-17H,2-3,6,9-10H2,1H3,(H,22,28)(H3,21,25,26,29). The number of fused-ring (bicyclic) bond motifs is 1. The third kappa shape index (κ3) is 5.56. The van der Waals surface area contributed by atoms with Crippen LogP contribution in [0.15, 0.2) is 39.2 Å². The van der Waals surface area contributed by atoms with Crippen molar-refractivity contribution in [1.82, 2.24) is 10.6 Å². The number of nitrogens with zero attached hydrogens (tertiary/aromatic N) is 3. The Kier molecular flexibility index (Phi) is 6.48. The predicted molar refractivity (Wildman–Crippen MR) is 110 cm³/mol. The third-order valence-corrected chi connectivity index (χ3v) is 4.63.